The monoisotopic (exact) mass is 485 g/mol. The molecule has 1 N–H and O–H groups in total. The van der Waals surface area contributed by atoms with Crippen LogP contribution in [0.25, 0.3) is 0 Å². The standard InChI is InChI=1S/C14H14F2N6O.C9H11NO2/c1-23-14(5-21-9-17-7-19-21,6-22-10-18-8-20-22)12-3-2-11(15)4-13(12)16;1-7(11)10-8-3-5-9(12-2)6-4-8/h2-4,7-10H,5-6H2,1H3;3-6H,1-2H3,(H,10,11). The molecule has 10 nitrogen and oxygen atoms in total. The number of carbonyl (C=O) groups excluding carboxylic acids is 1. The molecule has 0 saturated carbocycles. The Hall–Kier alpha value is -4.19. The molecule has 35 heavy (non-hydrogen) atoms. The summed E-state index contributed by atoms with van der Waals surface area (Å²) >= 11 is 0. The first kappa shape index (κ1) is 25.4. The van der Waals surface area contributed by atoms with Crippen LogP contribution in [0.1, 0.15) is 12.5 Å². The van der Waals surface area contributed by atoms with Crippen molar-refractivity contribution in [2.75, 3.05) is 19.5 Å². The van der Waals surface area contributed by atoms with E-state index in [9.17, 15) is 13.6 Å². The maximum atomic E-state index is 14.4. The first-order valence-electron chi connectivity index (χ1n) is 10.4. The molecule has 0 spiro atoms. The Kier molecular flexibility index (Phi) is 8.57. The molecule has 0 aliphatic rings. The van der Waals surface area contributed by atoms with E-state index in [1.165, 1.54) is 60.8 Å². The number of carbonyl (C=O) groups is 1. The zero-order chi connectivity index (χ0) is 25.3. The van der Waals surface area contributed by atoms with Gasteiger partial charge in [0.2, 0.25) is 5.91 Å². The minimum atomic E-state index is -1.15. The van der Waals surface area contributed by atoms with Gasteiger partial charge in [-0.25, -0.2) is 28.1 Å². The van der Waals surface area contributed by atoms with E-state index >= 15 is 0 Å². The predicted octanol–water partition coefficient (Wildman–Crippen LogP) is 3.04. The SMILES string of the molecule is COC(Cn1cncn1)(Cn1cncn1)c1ccc(F)cc1F.COc1ccc(NC(C)=O)cc1. The van der Waals surface area contributed by atoms with Crippen molar-refractivity contribution in [2.45, 2.75) is 25.6 Å². The highest BCUT2D eigenvalue weighted by Gasteiger charge is 2.37. The number of hydrogen-bond donors (Lipinski definition) is 1. The van der Waals surface area contributed by atoms with Gasteiger partial charge in [-0.1, -0.05) is 6.07 Å². The van der Waals surface area contributed by atoms with Crippen LogP contribution in [0.3, 0.4) is 0 Å². The summed E-state index contributed by atoms with van der Waals surface area (Å²) in [5.41, 5.74) is -0.171. The number of hydrogen-bond acceptors (Lipinski definition) is 7. The van der Waals surface area contributed by atoms with E-state index < -0.39 is 17.2 Å². The normalized spacial score (nSPS) is 10.9. The molecule has 0 atom stereocenters. The first-order valence-corrected chi connectivity index (χ1v) is 10.4. The number of halogens is 2. The van der Waals surface area contributed by atoms with E-state index in [1.807, 2.05) is 0 Å². The molecule has 0 saturated heterocycles. The van der Waals surface area contributed by atoms with Gasteiger partial charge >= 0.3 is 0 Å². The maximum absolute atomic E-state index is 14.4. The number of amides is 1. The average molecular weight is 485 g/mol. The third-order valence-electron chi connectivity index (χ3n) is 4.99. The van der Waals surface area contributed by atoms with E-state index in [1.54, 1.807) is 31.4 Å². The van der Waals surface area contributed by atoms with Gasteiger partial charge in [0, 0.05) is 31.4 Å². The van der Waals surface area contributed by atoms with Crippen LogP contribution in [0.2, 0.25) is 0 Å². The zero-order valence-electron chi connectivity index (χ0n) is 19.4. The first-order chi connectivity index (χ1) is 16.8. The summed E-state index contributed by atoms with van der Waals surface area (Å²) in [6.45, 7) is 1.82. The number of aromatic nitrogens is 6. The van der Waals surface area contributed by atoms with Gasteiger partial charge in [0.25, 0.3) is 0 Å². The van der Waals surface area contributed by atoms with Gasteiger partial charge in [-0.15, -0.1) is 0 Å². The summed E-state index contributed by atoms with van der Waals surface area (Å²) in [4.78, 5) is 18.4. The fourth-order valence-electron chi connectivity index (χ4n) is 3.35. The predicted molar refractivity (Wildman–Crippen MR) is 122 cm³/mol. The Morgan fingerprint density at radius 2 is 1.57 bits per heavy atom. The smallest absolute Gasteiger partial charge is 0.221 e. The molecule has 2 heterocycles. The number of nitrogens with zero attached hydrogens (tertiary/aromatic N) is 6. The Morgan fingerprint density at radius 3 is 2.00 bits per heavy atom. The Bertz CT molecular complexity index is 1160. The van der Waals surface area contributed by atoms with Gasteiger partial charge in [-0.3, -0.25) is 4.79 Å². The van der Waals surface area contributed by atoms with E-state index in [0.717, 1.165) is 17.5 Å². The Balaban J connectivity index is 0.000000241. The second kappa shape index (κ2) is 11.8. The summed E-state index contributed by atoms with van der Waals surface area (Å²) in [6.07, 6.45) is 5.74. The van der Waals surface area contributed by atoms with Crippen molar-refractivity contribution < 1.29 is 23.0 Å². The average Bonchev–Trinajstić information content (AvgIpc) is 3.54. The molecule has 1 amide bonds. The van der Waals surface area contributed by atoms with Crippen LogP contribution < -0.4 is 10.1 Å². The zero-order valence-corrected chi connectivity index (χ0v) is 19.4. The van der Waals surface area contributed by atoms with Gasteiger partial charge in [0.15, 0.2) is 0 Å². The van der Waals surface area contributed by atoms with Crippen LogP contribution in [0.5, 0.6) is 5.75 Å². The summed E-state index contributed by atoms with van der Waals surface area (Å²) < 4.78 is 41.3. The van der Waals surface area contributed by atoms with Crippen molar-refractivity contribution in [1.82, 2.24) is 29.5 Å². The molecule has 0 radical (unpaired) electrons. The van der Waals surface area contributed by atoms with Crippen molar-refractivity contribution in [3.8, 4) is 5.75 Å². The molecule has 2 aromatic carbocycles. The number of benzene rings is 2. The van der Waals surface area contributed by atoms with Gasteiger partial charge < -0.3 is 14.8 Å². The highest BCUT2D eigenvalue weighted by molar-refractivity contribution is 5.88. The van der Waals surface area contributed by atoms with Crippen LogP contribution >= 0.6 is 0 Å². The van der Waals surface area contributed by atoms with Crippen molar-refractivity contribution in [2.24, 2.45) is 0 Å². The molecule has 184 valence electrons. The molecule has 12 heteroatoms. The second-order valence-electron chi connectivity index (χ2n) is 7.42. The van der Waals surface area contributed by atoms with Gasteiger partial charge in [0.05, 0.1) is 20.2 Å². The van der Waals surface area contributed by atoms with Crippen LogP contribution in [0, 0.1) is 11.6 Å². The largest absolute Gasteiger partial charge is 0.497 e. The van der Waals surface area contributed by atoms with Crippen molar-refractivity contribution >= 4 is 11.6 Å². The summed E-state index contributed by atoms with van der Waals surface area (Å²) in [5, 5.41) is 10.7. The van der Waals surface area contributed by atoms with E-state index in [4.69, 9.17) is 9.47 Å². The third kappa shape index (κ3) is 6.90. The fourth-order valence-corrected chi connectivity index (χ4v) is 3.35. The lowest BCUT2D eigenvalue weighted by Crippen LogP contribution is -2.39. The van der Waals surface area contributed by atoms with E-state index in [2.05, 4.69) is 25.5 Å². The quantitative estimate of drug-likeness (QED) is 0.409. The molecule has 0 unspecified atom stereocenters. The van der Waals surface area contributed by atoms with Gasteiger partial charge in [-0.05, 0) is 30.3 Å². The van der Waals surface area contributed by atoms with E-state index in [0.29, 0.717) is 0 Å². The van der Waals surface area contributed by atoms with Crippen molar-refractivity contribution in [3.05, 3.63) is 85.0 Å². The summed E-state index contributed by atoms with van der Waals surface area (Å²) in [6, 6.07) is 10.6. The third-order valence-corrected chi connectivity index (χ3v) is 4.99. The van der Waals surface area contributed by atoms with Crippen LogP contribution in [-0.2, 0) is 28.2 Å². The number of anilines is 1. The Labute approximate surface area is 200 Å². The Morgan fingerprint density at radius 1 is 0.971 bits per heavy atom. The summed E-state index contributed by atoms with van der Waals surface area (Å²) in [5.74, 6) is -0.644. The van der Waals surface area contributed by atoms with Crippen molar-refractivity contribution in [1.29, 1.82) is 0 Å². The van der Waals surface area contributed by atoms with Crippen molar-refractivity contribution in [3.63, 3.8) is 0 Å². The second-order valence-corrected chi connectivity index (χ2v) is 7.42. The summed E-state index contributed by atoms with van der Waals surface area (Å²) in [7, 11) is 3.06. The number of nitrogens with one attached hydrogen (secondary N) is 1. The van der Waals surface area contributed by atoms with Crippen LogP contribution in [0.15, 0.2) is 67.8 Å². The molecule has 0 bridgehead atoms. The molecule has 0 fully saturated rings. The molecule has 0 aliphatic carbocycles. The molecular weight excluding hydrogens is 460 g/mol. The van der Waals surface area contributed by atoms with Crippen LogP contribution in [0.4, 0.5) is 14.5 Å². The topological polar surface area (TPSA) is 109 Å². The molecule has 4 aromatic rings. The maximum Gasteiger partial charge on any atom is 0.221 e. The highest BCUT2D eigenvalue weighted by atomic mass is 19.1. The van der Waals surface area contributed by atoms with Gasteiger partial charge in [-0.2, -0.15) is 10.2 Å². The fraction of sp³-hybridized carbons (Fsp3) is 0.261. The van der Waals surface area contributed by atoms with E-state index in [-0.39, 0.29) is 24.6 Å². The van der Waals surface area contributed by atoms with Crippen LogP contribution in [-0.4, -0.2) is 49.7 Å². The number of methoxy groups -OCH3 is 2. The molecular formula is C23H25F2N7O3. The highest BCUT2D eigenvalue weighted by Crippen LogP contribution is 2.31. The molecule has 0 aliphatic heterocycles. The number of ether oxygens (including phenoxy) is 2. The lowest BCUT2D eigenvalue weighted by Gasteiger charge is -2.32. The lowest BCUT2D eigenvalue weighted by atomic mass is 9.92. The minimum Gasteiger partial charge on any atom is -0.497 e. The lowest BCUT2D eigenvalue weighted by molar-refractivity contribution is -0.114. The minimum absolute atomic E-state index is 0.0693. The molecule has 2 aromatic heterocycles. The molecule has 4 rings (SSSR count). The number of rotatable bonds is 8. The van der Waals surface area contributed by atoms with Gasteiger partial charge in [0.1, 0.15) is 48.3 Å².